The molecule has 28 heavy (non-hydrogen) atoms. The van der Waals surface area contributed by atoms with Crippen LogP contribution in [0.2, 0.25) is 0 Å². The maximum Gasteiger partial charge on any atom is 0.223 e. The molecule has 0 unspecified atom stereocenters. The van der Waals surface area contributed by atoms with Gasteiger partial charge in [-0.3, -0.25) is 4.79 Å². The molecule has 0 aliphatic carbocycles. The molecule has 2 aromatic carbocycles. The molecule has 4 rings (SSSR count). The topological polar surface area (TPSA) is 63.7 Å². The Morgan fingerprint density at radius 1 is 0.964 bits per heavy atom. The van der Waals surface area contributed by atoms with E-state index in [-0.39, 0.29) is 28.6 Å². The van der Waals surface area contributed by atoms with Crippen molar-refractivity contribution in [3.8, 4) is 5.75 Å². The van der Waals surface area contributed by atoms with E-state index < -0.39 is 9.84 Å². The monoisotopic (exact) mass is 399 g/mol. The van der Waals surface area contributed by atoms with Gasteiger partial charge >= 0.3 is 0 Å². The van der Waals surface area contributed by atoms with Crippen LogP contribution in [-0.2, 0) is 21.1 Å². The Balaban J connectivity index is 1.32. The number of likely N-dealkylation sites (tertiary alicyclic amines) is 1. The van der Waals surface area contributed by atoms with Crippen LogP contribution in [0.25, 0.3) is 0 Å². The Kier molecular flexibility index (Phi) is 5.15. The third kappa shape index (κ3) is 3.92. The zero-order valence-electron chi connectivity index (χ0n) is 15.8. The van der Waals surface area contributed by atoms with Gasteiger partial charge in [0, 0.05) is 32.4 Å². The fourth-order valence-corrected chi connectivity index (χ4v) is 5.35. The summed E-state index contributed by atoms with van der Waals surface area (Å²) >= 11 is 0. The van der Waals surface area contributed by atoms with Gasteiger partial charge in [-0.1, -0.05) is 36.4 Å². The van der Waals surface area contributed by atoms with Crippen molar-refractivity contribution >= 4 is 15.7 Å². The van der Waals surface area contributed by atoms with Crippen molar-refractivity contribution in [2.45, 2.75) is 42.6 Å². The van der Waals surface area contributed by atoms with Crippen molar-refractivity contribution < 1.29 is 17.9 Å². The average Bonchev–Trinajstić information content (AvgIpc) is 2.73. The lowest BCUT2D eigenvalue weighted by Crippen LogP contribution is -2.51. The van der Waals surface area contributed by atoms with Crippen molar-refractivity contribution in [2.75, 3.05) is 18.8 Å². The fourth-order valence-electron chi connectivity index (χ4n) is 4.10. The van der Waals surface area contributed by atoms with E-state index in [1.165, 1.54) is 5.56 Å². The number of nitrogens with zero attached hydrogens (tertiary/aromatic N) is 1. The van der Waals surface area contributed by atoms with Crippen LogP contribution < -0.4 is 4.74 Å². The van der Waals surface area contributed by atoms with E-state index in [0.717, 1.165) is 31.4 Å². The SMILES string of the molecule is O=C(CCS(=O)(=O)c1ccccc1)N1CCC2(CCc3ccccc3O2)CC1. The number of amides is 1. The predicted octanol–water partition coefficient (Wildman–Crippen LogP) is 3.24. The molecular weight excluding hydrogens is 374 g/mol. The number of carbonyl (C=O) groups is 1. The second-order valence-corrected chi connectivity index (χ2v) is 9.76. The van der Waals surface area contributed by atoms with Crippen molar-refractivity contribution in [3.05, 3.63) is 60.2 Å². The van der Waals surface area contributed by atoms with Crippen molar-refractivity contribution in [1.29, 1.82) is 0 Å². The minimum absolute atomic E-state index is 0.0217. The van der Waals surface area contributed by atoms with Gasteiger partial charge in [0.2, 0.25) is 5.91 Å². The molecule has 5 nitrogen and oxygen atoms in total. The quantitative estimate of drug-likeness (QED) is 0.792. The van der Waals surface area contributed by atoms with Gasteiger partial charge < -0.3 is 9.64 Å². The highest BCUT2D eigenvalue weighted by Gasteiger charge is 2.40. The molecule has 6 heteroatoms. The highest BCUT2D eigenvalue weighted by molar-refractivity contribution is 7.91. The number of ether oxygens (including phenoxy) is 1. The summed E-state index contributed by atoms with van der Waals surface area (Å²) in [6.07, 6.45) is 3.57. The zero-order valence-corrected chi connectivity index (χ0v) is 16.7. The number of hydrogen-bond donors (Lipinski definition) is 0. The molecule has 0 saturated carbocycles. The molecule has 0 radical (unpaired) electrons. The van der Waals surface area contributed by atoms with Gasteiger partial charge in [-0.05, 0) is 36.6 Å². The Morgan fingerprint density at radius 3 is 2.39 bits per heavy atom. The molecule has 0 N–H and O–H groups in total. The average molecular weight is 400 g/mol. The normalized spacial score (nSPS) is 18.4. The van der Waals surface area contributed by atoms with Crippen LogP contribution in [-0.4, -0.2) is 43.7 Å². The van der Waals surface area contributed by atoms with Crippen molar-refractivity contribution in [2.24, 2.45) is 0 Å². The first-order valence-corrected chi connectivity index (χ1v) is 11.5. The van der Waals surface area contributed by atoms with Crippen LogP contribution in [0.3, 0.4) is 0 Å². The molecule has 0 atom stereocenters. The van der Waals surface area contributed by atoms with Crippen LogP contribution in [0.15, 0.2) is 59.5 Å². The van der Waals surface area contributed by atoms with Crippen LogP contribution in [0.4, 0.5) is 0 Å². The maximum absolute atomic E-state index is 12.6. The fraction of sp³-hybridized carbons (Fsp3) is 0.409. The van der Waals surface area contributed by atoms with Crippen molar-refractivity contribution in [3.63, 3.8) is 0 Å². The lowest BCUT2D eigenvalue weighted by Gasteiger charge is -2.44. The summed E-state index contributed by atoms with van der Waals surface area (Å²) in [5.74, 6) is 0.717. The Morgan fingerprint density at radius 2 is 1.64 bits per heavy atom. The summed E-state index contributed by atoms with van der Waals surface area (Å²) in [5.41, 5.74) is 1.05. The lowest BCUT2D eigenvalue weighted by molar-refractivity contribution is -0.134. The summed E-state index contributed by atoms with van der Waals surface area (Å²) in [6, 6.07) is 16.5. The van der Waals surface area contributed by atoms with Gasteiger partial charge in [0.1, 0.15) is 11.4 Å². The summed E-state index contributed by atoms with van der Waals surface area (Å²) in [6.45, 7) is 1.23. The number of benzene rings is 2. The molecule has 2 heterocycles. The smallest absolute Gasteiger partial charge is 0.223 e. The minimum Gasteiger partial charge on any atom is -0.487 e. The molecular formula is C22H25NO4S. The molecule has 2 aromatic rings. The van der Waals surface area contributed by atoms with E-state index in [2.05, 4.69) is 6.07 Å². The van der Waals surface area contributed by atoms with Crippen LogP contribution in [0, 0.1) is 0 Å². The van der Waals surface area contributed by atoms with Crippen LogP contribution in [0.1, 0.15) is 31.2 Å². The molecule has 148 valence electrons. The molecule has 0 bridgehead atoms. The summed E-state index contributed by atoms with van der Waals surface area (Å²) in [5, 5.41) is 0. The van der Waals surface area contributed by atoms with Crippen molar-refractivity contribution in [1.82, 2.24) is 4.90 Å². The largest absolute Gasteiger partial charge is 0.487 e. The summed E-state index contributed by atoms with van der Waals surface area (Å²) in [7, 11) is -3.43. The summed E-state index contributed by atoms with van der Waals surface area (Å²) < 4.78 is 31.1. The Labute approximate surface area is 166 Å². The Bertz CT molecular complexity index is 948. The standard InChI is InChI=1S/C22H25NO4S/c24-21(11-17-28(25,26)19-7-2-1-3-8-19)23-15-13-22(14-16-23)12-10-18-6-4-5-9-20(18)27-22/h1-9H,10-17H2. The number of para-hydroxylation sites is 1. The third-order valence-electron chi connectivity index (χ3n) is 5.86. The number of rotatable bonds is 4. The van der Waals surface area contributed by atoms with Crippen LogP contribution in [0.5, 0.6) is 5.75 Å². The minimum atomic E-state index is -3.43. The number of fused-ring (bicyclic) bond motifs is 1. The molecule has 2 aliphatic rings. The van der Waals surface area contributed by atoms with E-state index in [0.29, 0.717) is 13.1 Å². The highest BCUT2D eigenvalue weighted by Crippen LogP contribution is 2.39. The first-order valence-electron chi connectivity index (χ1n) is 9.80. The van der Waals surface area contributed by atoms with Crippen LogP contribution >= 0.6 is 0 Å². The highest BCUT2D eigenvalue weighted by atomic mass is 32.2. The van der Waals surface area contributed by atoms with E-state index in [1.807, 2.05) is 18.2 Å². The molecule has 1 amide bonds. The molecule has 1 fully saturated rings. The van der Waals surface area contributed by atoms with E-state index in [1.54, 1.807) is 35.2 Å². The van der Waals surface area contributed by atoms with Gasteiger partial charge in [-0.25, -0.2) is 8.42 Å². The first kappa shape index (κ1) is 19.0. The van der Waals surface area contributed by atoms with Gasteiger partial charge in [0.25, 0.3) is 0 Å². The predicted molar refractivity (Wildman–Crippen MR) is 107 cm³/mol. The molecule has 1 saturated heterocycles. The second kappa shape index (κ2) is 7.59. The number of sulfone groups is 1. The van der Waals surface area contributed by atoms with Gasteiger partial charge in [-0.15, -0.1) is 0 Å². The molecule has 1 spiro atoms. The number of aryl methyl sites for hydroxylation is 1. The van der Waals surface area contributed by atoms with E-state index in [9.17, 15) is 13.2 Å². The number of carbonyl (C=O) groups excluding carboxylic acids is 1. The molecule has 0 aromatic heterocycles. The zero-order chi connectivity index (χ0) is 19.6. The van der Waals surface area contributed by atoms with E-state index >= 15 is 0 Å². The lowest BCUT2D eigenvalue weighted by atomic mass is 9.83. The molecule has 2 aliphatic heterocycles. The van der Waals surface area contributed by atoms with Gasteiger partial charge in [0.15, 0.2) is 9.84 Å². The van der Waals surface area contributed by atoms with Gasteiger partial charge in [0.05, 0.1) is 10.6 Å². The number of hydrogen-bond acceptors (Lipinski definition) is 4. The maximum atomic E-state index is 12.6. The number of piperidine rings is 1. The Hall–Kier alpha value is -2.34. The third-order valence-corrected chi connectivity index (χ3v) is 7.60. The first-order chi connectivity index (χ1) is 13.5. The van der Waals surface area contributed by atoms with Gasteiger partial charge in [-0.2, -0.15) is 0 Å². The van der Waals surface area contributed by atoms with E-state index in [4.69, 9.17) is 4.74 Å². The summed E-state index contributed by atoms with van der Waals surface area (Å²) in [4.78, 5) is 14.6. The second-order valence-electron chi connectivity index (χ2n) is 7.66.